The molecule has 0 radical (unpaired) electrons. The van der Waals surface area contributed by atoms with E-state index in [9.17, 15) is 9.90 Å². The van der Waals surface area contributed by atoms with E-state index >= 15 is 0 Å². The van der Waals surface area contributed by atoms with Gasteiger partial charge in [-0.15, -0.1) is 0 Å². The van der Waals surface area contributed by atoms with E-state index in [-0.39, 0.29) is 5.03 Å². The summed E-state index contributed by atoms with van der Waals surface area (Å²) in [6.07, 6.45) is 3.73. The van der Waals surface area contributed by atoms with E-state index in [1.54, 1.807) is 0 Å². The zero-order valence-electron chi connectivity index (χ0n) is 5.87. The van der Waals surface area contributed by atoms with Crippen LogP contribution in [0.3, 0.4) is 0 Å². The fraction of sp³-hybridized carbons (Fsp3) is 0.286. The molecule has 0 amide bonds. The minimum Gasteiger partial charge on any atom is -0.481 e. The predicted molar refractivity (Wildman–Crippen MR) is 45.0 cm³/mol. The average molecular weight is 209 g/mol. The average Bonchev–Trinajstić information content (AvgIpc) is 1.82. The van der Waals surface area contributed by atoms with Crippen molar-refractivity contribution in [3.05, 3.63) is 23.3 Å². The lowest BCUT2D eigenvalue weighted by Gasteiger charge is -2.24. The molecule has 0 aromatic heterocycles. The summed E-state index contributed by atoms with van der Waals surface area (Å²) in [7, 11) is 0. The molecule has 5 heteroatoms. The summed E-state index contributed by atoms with van der Waals surface area (Å²) in [6, 6.07) is 0. The summed E-state index contributed by atoms with van der Waals surface area (Å²) in [4.78, 5) is 10.5. The lowest BCUT2D eigenvalue weighted by molar-refractivity contribution is -0.143. The SMILES string of the molecule is O=C(O)C1C=CC(Cl)=CC1(O)Cl. The second-order valence-electron chi connectivity index (χ2n) is 2.43. The molecule has 0 bridgehead atoms. The Morgan fingerprint density at radius 2 is 2.25 bits per heavy atom. The quantitative estimate of drug-likeness (QED) is 0.640. The first kappa shape index (κ1) is 9.58. The number of aliphatic hydroxyl groups is 1. The number of rotatable bonds is 1. The molecule has 3 nitrogen and oxygen atoms in total. The first-order valence-electron chi connectivity index (χ1n) is 3.14. The summed E-state index contributed by atoms with van der Waals surface area (Å²) < 4.78 is 0. The molecule has 1 aliphatic carbocycles. The van der Waals surface area contributed by atoms with Crippen LogP contribution < -0.4 is 0 Å². The van der Waals surface area contributed by atoms with Gasteiger partial charge in [-0.05, 0) is 12.2 Å². The van der Waals surface area contributed by atoms with E-state index in [1.807, 2.05) is 0 Å². The summed E-state index contributed by atoms with van der Waals surface area (Å²) in [5, 5.41) is 16.2. The third-order valence-corrected chi connectivity index (χ3v) is 2.07. The molecule has 12 heavy (non-hydrogen) atoms. The third kappa shape index (κ3) is 1.80. The largest absolute Gasteiger partial charge is 0.481 e. The van der Waals surface area contributed by atoms with Gasteiger partial charge in [0.05, 0.1) is 0 Å². The Balaban J connectivity index is 2.96. The predicted octanol–water partition coefficient (Wildman–Crippen LogP) is 1.31. The van der Waals surface area contributed by atoms with E-state index in [0.29, 0.717) is 0 Å². The van der Waals surface area contributed by atoms with Crippen LogP contribution in [0.5, 0.6) is 0 Å². The first-order valence-corrected chi connectivity index (χ1v) is 3.90. The smallest absolute Gasteiger partial charge is 0.314 e. The zero-order chi connectivity index (χ0) is 9.35. The van der Waals surface area contributed by atoms with Crippen molar-refractivity contribution >= 4 is 29.2 Å². The van der Waals surface area contributed by atoms with Crippen LogP contribution in [0.2, 0.25) is 0 Å². The molecule has 2 atom stereocenters. The zero-order valence-corrected chi connectivity index (χ0v) is 7.38. The topological polar surface area (TPSA) is 57.5 Å². The number of carboxylic acid groups (broad SMARTS) is 1. The molecular weight excluding hydrogens is 203 g/mol. The highest BCUT2D eigenvalue weighted by atomic mass is 35.5. The number of carboxylic acids is 1. The molecule has 0 aromatic carbocycles. The minimum atomic E-state index is -1.92. The Morgan fingerprint density at radius 1 is 1.67 bits per heavy atom. The molecule has 1 rings (SSSR count). The Morgan fingerprint density at radius 3 is 2.67 bits per heavy atom. The van der Waals surface area contributed by atoms with Crippen molar-refractivity contribution in [2.24, 2.45) is 5.92 Å². The van der Waals surface area contributed by atoms with E-state index in [1.165, 1.54) is 12.2 Å². The van der Waals surface area contributed by atoms with Crippen LogP contribution in [-0.4, -0.2) is 21.2 Å². The highest BCUT2D eigenvalue weighted by Gasteiger charge is 2.38. The van der Waals surface area contributed by atoms with E-state index < -0.39 is 16.9 Å². The van der Waals surface area contributed by atoms with Crippen molar-refractivity contribution in [2.45, 2.75) is 5.06 Å². The Hall–Kier alpha value is -0.510. The van der Waals surface area contributed by atoms with Crippen molar-refractivity contribution in [2.75, 3.05) is 0 Å². The number of aliphatic carboxylic acids is 1. The van der Waals surface area contributed by atoms with Crippen LogP contribution >= 0.6 is 23.2 Å². The molecule has 0 aliphatic heterocycles. The van der Waals surface area contributed by atoms with Gasteiger partial charge in [-0.1, -0.05) is 29.3 Å². The minimum absolute atomic E-state index is 0.227. The first-order chi connectivity index (χ1) is 5.43. The number of hydrogen-bond acceptors (Lipinski definition) is 2. The van der Waals surface area contributed by atoms with Crippen molar-refractivity contribution < 1.29 is 15.0 Å². The van der Waals surface area contributed by atoms with Crippen LogP contribution in [0, 0.1) is 5.92 Å². The molecule has 0 saturated carbocycles. The second-order valence-corrected chi connectivity index (χ2v) is 3.47. The molecule has 1 aliphatic rings. The van der Waals surface area contributed by atoms with Gasteiger partial charge in [0, 0.05) is 5.03 Å². The Kier molecular flexibility index (Phi) is 2.46. The monoisotopic (exact) mass is 208 g/mol. The van der Waals surface area contributed by atoms with Gasteiger partial charge in [-0.25, -0.2) is 0 Å². The molecule has 0 aromatic rings. The van der Waals surface area contributed by atoms with Crippen LogP contribution in [-0.2, 0) is 4.79 Å². The summed E-state index contributed by atoms with van der Waals surface area (Å²) >= 11 is 11.0. The van der Waals surface area contributed by atoms with Gasteiger partial charge < -0.3 is 10.2 Å². The maximum Gasteiger partial charge on any atom is 0.314 e. The maximum atomic E-state index is 10.5. The summed E-state index contributed by atoms with van der Waals surface area (Å²) in [6.45, 7) is 0. The number of carbonyl (C=O) groups is 1. The van der Waals surface area contributed by atoms with Gasteiger partial charge in [-0.2, -0.15) is 0 Å². The normalized spacial score (nSPS) is 34.6. The fourth-order valence-electron chi connectivity index (χ4n) is 0.910. The fourth-order valence-corrected chi connectivity index (χ4v) is 1.49. The van der Waals surface area contributed by atoms with Crippen LogP contribution in [0.4, 0.5) is 0 Å². The van der Waals surface area contributed by atoms with Gasteiger partial charge in [0.15, 0.2) is 5.06 Å². The third-order valence-electron chi connectivity index (χ3n) is 1.49. The van der Waals surface area contributed by atoms with E-state index in [0.717, 1.165) is 6.08 Å². The Labute approximate surface area is 78.9 Å². The number of halogens is 2. The number of allylic oxidation sites excluding steroid dienone is 2. The molecule has 0 spiro atoms. The van der Waals surface area contributed by atoms with E-state index in [4.69, 9.17) is 28.3 Å². The maximum absolute atomic E-state index is 10.5. The van der Waals surface area contributed by atoms with E-state index in [2.05, 4.69) is 0 Å². The molecule has 0 saturated heterocycles. The van der Waals surface area contributed by atoms with Crippen molar-refractivity contribution in [3.63, 3.8) is 0 Å². The highest BCUT2D eigenvalue weighted by molar-refractivity contribution is 6.33. The van der Waals surface area contributed by atoms with Gasteiger partial charge in [0.25, 0.3) is 0 Å². The van der Waals surface area contributed by atoms with Crippen molar-refractivity contribution in [3.8, 4) is 0 Å². The molecular formula is C7H6Cl2O3. The lowest BCUT2D eigenvalue weighted by atomic mass is 9.97. The van der Waals surface area contributed by atoms with Gasteiger partial charge in [0.2, 0.25) is 0 Å². The summed E-state index contributed by atoms with van der Waals surface area (Å²) in [5.41, 5.74) is 0. The van der Waals surface area contributed by atoms with Gasteiger partial charge >= 0.3 is 5.97 Å². The van der Waals surface area contributed by atoms with Gasteiger partial charge in [-0.3, -0.25) is 4.79 Å². The number of alkyl halides is 1. The van der Waals surface area contributed by atoms with Crippen LogP contribution in [0.15, 0.2) is 23.3 Å². The van der Waals surface area contributed by atoms with Crippen molar-refractivity contribution in [1.82, 2.24) is 0 Å². The highest BCUT2D eigenvalue weighted by Crippen LogP contribution is 2.32. The standard InChI is InChI=1S/C7H6Cl2O3/c8-4-1-2-5(6(10)11)7(9,12)3-4/h1-3,5,12H,(H,10,11). The Bertz CT molecular complexity index is 268. The second kappa shape index (κ2) is 3.09. The van der Waals surface area contributed by atoms with Gasteiger partial charge in [0.1, 0.15) is 5.92 Å². The molecule has 2 N–H and O–H groups in total. The van der Waals surface area contributed by atoms with Crippen LogP contribution in [0.25, 0.3) is 0 Å². The molecule has 0 heterocycles. The van der Waals surface area contributed by atoms with Crippen molar-refractivity contribution in [1.29, 1.82) is 0 Å². The number of hydrogen-bond donors (Lipinski definition) is 2. The lowest BCUT2D eigenvalue weighted by Crippen LogP contribution is -2.35. The van der Waals surface area contributed by atoms with Crippen LogP contribution in [0.1, 0.15) is 0 Å². The molecule has 2 unspecified atom stereocenters. The molecule has 0 fully saturated rings. The summed E-state index contributed by atoms with van der Waals surface area (Å²) in [5.74, 6) is -2.34. The molecule has 66 valence electrons.